The third-order valence-corrected chi connectivity index (χ3v) is 2.22. The lowest BCUT2D eigenvalue weighted by Gasteiger charge is -2.12. The van der Waals surface area contributed by atoms with Gasteiger partial charge in [-0.2, -0.15) is 13.2 Å². The SMILES string of the molecule is NCCC(=O)NC(Cc1c[nH]cn1)C(=O)O.O=C(O)C(F)(F)F. The number of imidazole rings is 1. The normalized spacial score (nSPS) is 11.8. The molecule has 23 heavy (non-hydrogen) atoms. The second-order valence-electron chi connectivity index (χ2n) is 4.06. The van der Waals surface area contributed by atoms with Crippen molar-refractivity contribution in [1.82, 2.24) is 15.3 Å². The summed E-state index contributed by atoms with van der Waals surface area (Å²) < 4.78 is 31.7. The van der Waals surface area contributed by atoms with Crippen molar-refractivity contribution in [1.29, 1.82) is 0 Å². The Morgan fingerprint density at radius 1 is 1.35 bits per heavy atom. The second-order valence-corrected chi connectivity index (χ2v) is 4.06. The largest absolute Gasteiger partial charge is 0.490 e. The molecule has 1 rings (SSSR count). The summed E-state index contributed by atoms with van der Waals surface area (Å²) in [5.41, 5.74) is 5.78. The Bertz CT molecular complexity index is 518. The van der Waals surface area contributed by atoms with Gasteiger partial charge in [-0.1, -0.05) is 0 Å². The fourth-order valence-electron chi connectivity index (χ4n) is 1.21. The summed E-state index contributed by atoms with van der Waals surface area (Å²) in [6, 6.07) is -0.970. The highest BCUT2D eigenvalue weighted by molar-refractivity contribution is 5.83. The van der Waals surface area contributed by atoms with Crippen LogP contribution in [-0.4, -0.2) is 56.8 Å². The summed E-state index contributed by atoms with van der Waals surface area (Å²) in [7, 11) is 0. The molecule has 1 aromatic heterocycles. The summed E-state index contributed by atoms with van der Waals surface area (Å²) in [6.07, 6.45) is -1.78. The minimum absolute atomic E-state index is 0.115. The number of rotatable bonds is 6. The average molecular weight is 340 g/mol. The van der Waals surface area contributed by atoms with E-state index in [2.05, 4.69) is 15.3 Å². The highest BCUT2D eigenvalue weighted by Crippen LogP contribution is 2.13. The lowest BCUT2D eigenvalue weighted by molar-refractivity contribution is -0.192. The molecule has 12 heteroatoms. The second kappa shape index (κ2) is 9.40. The lowest BCUT2D eigenvalue weighted by Crippen LogP contribution is -2.42. The minimum atomic E-state index is -5.08. The zero-order valence-electron chi connectivity index (χ0n) is 11.6. The fourth-order valence-corrected chi connectivity index (χ4v) is 1.21. The van der Waals surface area contributed by atoms with Crippen LogP contribution in [0, 0.1) is 0 Å². The Labute approximate surface area is 127 Å². The molecule has 0 spiro atoms. The number of hydrogen-bond donors (Lipinski definition) is 5. The molecule has 0 aliphatic rings. The number of aromatic nitrogens is 2. The number of halogens is 3. The van der Waals surface area contributed by atoms with Crippen LogP contribution in [0.2, 0.25) is 0 Å². The molecule has 0 bridgehead atoms. The molecule has 0 radical (unpaired) electrons. The third kappa shape index (κ3) is 9.08. The number of carbonyl (C=O) groups is 3. The monoisotopic (exact) mass is 340 g/mol. The molecule has 1 amide bonds. The van der Waals surface area contributed by atoms with Gasteiger partial charge in [0, 0.05) is 25.6 Å². The number of carboxylic acid groups (broad SMARTS) is 2. The van der Waals surface area contributed by atoms with E-state index in [0.717, 1.165) is 0 Å². The molecule has 1 atom stereocenters. The molecule has 0 aliphatic carbocycles. The van der Waals surface area contributed by atoms with Crippen LogP contribution < -0.4 is 11.1 Å². The maximum Gasteiger partial charge on any atom is 0.490 e. The van der Waals surface area contributed by atoms with Crippen molar-refractivity contribution in [3.63, 3.8) is 0 Å². The zero-order chi connectivity index (χ0) is 18.0. The molecule has 6 N–H and O–H groups in total. The van der Waals surface area contributed by atoms with Gasteiger partial charge in [-0.05, 0) is 0 Å². The molecule has 130 valence electrons. The maximum atomic E-state index is 11.2. The van der Waals surface area contributed by atoms with Gasteiger partial charge < -0.3 is 26.2 Å². The average Bonchev–Trinajstić information content (AvgIpc) is 2.90. The molecular formula is C11H15F3N4O5. The molecule has 1 unspecified atom stereocenters. The number of amides is 1. The number of carbonyl (C=O) groups excluding carboxylic acids is 1. The van der Waals surface area contributed by atoms with Gasteiger partial charge in [-0.25, -0.2) is 14.6 Å². The standard InChI is InChI=1S/C9H14N4O3.C2HF3O2/c10-2-1-8(14)13-7(9(15)16)3-6-4-11-5-12-6;3-2(4,5)1(6)7/h4-5,7H,1-3,10H2,(H,11,12)(H,13,14)(H,15,16);(H,6,7). The van der Waals surface area contributed by atoms with Crippen LogP contribution in [0.15, 0.2) is 12.5 Å². The van der Waals surface area contributed by atoms with E-state index in [0.29, 0.717) is 5.69 Å². The molecular weight excluding hydrogens is 325 g/mol. The predicted octanol–water partition coefficient (Wildman–Crippen LogP) is -0.496. The highest BCUT2D eigenvalue weighted by atomic mass is 19.4. The van der Waals surface area contributed by atoms with Gasteiger partial charge in [-0.3, -0.25) is 4.79 Å². The Morgan fingerprint density at radius 3 is 2.26 bits per heavy atom. The lowest BCUT2D eigenvalue weighted by atomic mass is 10.1. The van der Waals surface area contributed by atoms with Crippen molar-refractivity contribution in [2.24, 2.45) is 5.73 Å². The molecule has 1 heterocycles. The molecule has 9 nitrogen and oxygen atoms in total. The van der Waals surface area contributed by atoms with Gasteiger partial charge >= 0.3 is 18.1 Å². The Kier molecular flexibility index (Phi) is 8.33. The van der Waals surface area contributed by atoms with Gasteiger partial charge in [0.05, 0.1) is 12.0 Å². The van der Waals surface area contributed by atoms with Gasteiger partial charge in [-0.15, -0.1) is 0 Å². The van der Waals surface area contributed by atoms with Crippen molar-refractivity contribution in [2.45, 2.75) is 25.1 Å². The van der Waals surface area contributed by atoms with Gasteiger partial charge in [0.1, 0.15) is 6.04 Å². The molecule has 0 fully saturated rings. The number of carboxylic acids is 2. The summed E-state index contributed by atoms with van der Waals surface area (Å²) >= 11 is 0. The van der Waals surface area contributed by atoms with Crippen molar-refractivity contribution in [2.75, 3.05) is 6.54 Å². The number of H-pyrrole nitrogens is 1. The third-order valence-electron chi connectivity index (χ3n) is 2.22. The van der Waals surface area contributed by atoms with E-state index < -0.39 is 24.2 Å². The van der Waals surface area contributed by atoms with Crippen LogP contribution in [0.25, 0.3) is 0 Å². The smallest absolute Gasteiger partial charge is 0.480 e. The van der Waals surface area contributed by atoms with Crippen molar-refractivity contribution >= 4 is 17.8 Å². The van der Waals surface area contributed by atoms with E-state index in [4.69, 9.17) is 20.7 Å². The summed E-state index contributed by atoms with van der Waals surface area (Å²) in [6.45, 7) is 0.195. The molecule has 0 aromatic carbocycles. The van der Waals surface area contributed by atoms with Gasteiger partial charge in [0.15, 0.2) is 0 Å². The minimum Gasteiger partial charge on any atom is -0.480 e. The number of nitrogens with two attached hydrogens (primary N) is 1. The van der Waals surface area contributed by atoms with E-state index in [9.17, 15) is 22.8 Å². The van der Waals surface area contributed by atoms with Crippen LogP contribution in [0.4, 0.5) is 13.2 Å². The van der Waals surface area contributed by atoms with E-state index in [-0.39, 0.29) is 25.3 Å². The topological polar surface area (TPSA) is 158 Å². The van der Waals surface area contributed by atoms with E-state index >= 15 is 0 Å². The van der Waals surface area contributed by atoms with Gasteiger partial charge in [0.2, 0.25) is 5.91 Å². The van der Waals surface area contributed by atoms with Gasteiger partial charge in [0.25, 0.3) is 0 Å². The number of alkyl halides is 3. The van der Waals surface area contributed by atoms with Crippen molar-refractivity contribution in [3.8, 4) is 0 Å². The first-order chi connectivity index (χ1) is 10.6. The zero-order valence-corrected chi connectivity index (χ0v) is 11.6. The van der Waals surface area contributed by atoms with E-state index in [1.165, 1.54) is 6.33 Å². The number of nitrogens with zero attached hydrogens (tertiary/aromatic N) is 1. The maximum absolute atomic E-state index is 11.2. The van der Waals surface area contributed by atoms with Crippen LogP contribution in [0.3, 0.4) is 0 Å². The summed E-state index contributed by atoms with van der Waals surface area (Å²) in [5.74, 6) is -4.22. The molecule has 0 saturated carbocycles. The first-order valence-electron chi connectivity index (χ1n) is 6.08. The Hall–Kier alpha value is -2.63. The predicted molar refractivity (Wildman–Crippen MR) is 69.2 cm³/mol. The van der Waals surface area contributed by atoms with Crippen LogP contribution in [0.5, 0.6) is 0 Å². The summed E-state index contributed by atoms with van der Waals surface area (Å²) in [5, 5.41) is 18.4. The first kappa shape index (κ1) is 20.4. The first-order valence-corrected chi connectivity index (χ1v) is 6.08. The van der Waals surface area contributed by atoms with Crippen LogP contribution in [-0.2, 0) is 20.8 Å². The quantitative estimate of drug-likeness (QED) is 0.467. The number of aromatic amines is 1. The van der Waals surface area contributed by atoms with E-state index in [1.54, 1.807) is 6.20 Å². The van der Waals surface area contributed by atoms with Crippen LogP contribution >= 0.6 is 0 Å². The molecule has 0 saturated heterocycles. The van der Waals surface area contributed by atoms with Crippen LogP contribution in [0.1, 0.15) is 12.1 Å². The Morgan fingerprint density at radius 2 is 1.91 bits per heavy atom. The summed E-state index contributed by atoms with van der Waals surface area (Å²) in [4.78, 5) is 37.6. The van der Waals surface area contributed by atoms with E-state index in [1.807, 2.05) is 0 Å². The number of nitrogens with one attached hydrogen (secondary N) is 2. The van der Waals surface area contributed by atoms with Crippen molar-refractivity contribution < 1.29 is 37.8 Å². The highest BCUT2D eigenvalue weighted by Gasteiger charge is 2.38. The molecule has 1 aromatic rings. The number of hydrogen-bond acceptors (Lipinski definition) is 5. The number of aliphatic carboxylic acids is 2. The van der Waals surface area contributed by atoms with Crippen molar-refractivity contribution in [3.05, 3.63) is 18.2 Å². The molecule has 0 aliphatic heterocycles. The Balaban J connectivity index is 0.000000585. The fraction of sp³-hybridized carbons (Fsp3) is 0.455.